The number of hydrogen-bond donors (Lipinski definition) is 1. The zero-order valence-corrected chi connectivity index (χ0v) is 10.4. The fourth-order valence-electron chi connectivity index (χ4n) is 2.92. The van der Waals surface area contributed by atoms with Crippen LogP contribution in [0.3, 0.4) is 0 Å². The van der Waals surface area contributed by atoms with Crippen LogP contribution in [0.15, 0.2) is 30.3 Å². The molecule has 0 aliphatic heterocycles. The van der Waals surface area contributed by atoms with Gasteiger partial charge in [0.1, 0.15) is 0 Å². The average molecular weight is 232 g/mol. The third-order valence-electron chi connectivity index (χ3n) is 4.04. The molecule has 0 bridgehead atoms. The maximum absolute atomic E-state index is 10.8. The first-order valence-electron chi connectivity index (χ1n) is 6.36. The minimum atomic E-state index is -0.661. The first-order chi connectivity index (χ1) is 8.09. The molecule has 0 saturated heterocycles. The molecule has 1 N–H and O–H groups in total. The largest absolute Gasteiger partial charge is 0.481 e. The maximum atomic E-state index is 10.8. The van der Waals surface area contributed by atoms with Crippen LogP contribution in [-0.4, -0.2) is 11.1 Å². The minimum absolute atomic E-state index is 0.0110. The summed E-state index contributed by atoms with van der Waals surface area (Å²) in [5, 5.41) is 8.91. The van der Waals surface area contributed by atoms with E-state index in [1.807, 2.05) is 6.07 Å². The van der Waals surface area contributed by atoms with Crippen LogP contribution in [0.2, 0.25) is 0 Å². The van der Waals surface area contributed by atoms with Crippen LogP contribution in [0.25, 0.3) is 0 Å². The molecule has 0 unspecified atom stereocenters. The van der Waals surface area contributed by atoms with Gasteiger partial charge >= 0.3 is 5.97 Å². The van der Waals surface area contributed by atoms with Gasteiger partial charge in [0, 0.05) is 0 Å². The van der Waals surface area contributed by atoms with E-state index in [4.69, 9.17) is 5.11 Å². The zero-order valence-electron chi connectivity index (χ0n) is 10.4. The maximum Gasteiger partial charge on any atom is 0.303 e. The van der Waals surface area contributed by atoms with Gasteiger partial charge in [-0.2, -0.15) is 0 Å². The van der Waals surface area contributed by atoms with E-state index >= 15 is 0 Å². The highest BCUT2D eigenvalue weighted by Crippen LogP contribution is 2.44. The van der Waals surface area contributed by atoms with Gasteiger partial charge in [-0.15, -0.1) is 0 Å². The highest BCUT2D eigenvalue weighted by molar-refractivity contribution is 5.67. The van der Waals surface area contributed by atoms with Gasteiger partial charge in [0.2, 0.25) is 0 Å². The summed E-state index contributed by atoms with van der Waals surface area (Å²) >= 11 is 0. The number of carboxylic acid groups (broad SMARTS) is 1. The number of hydrogen-bond acceptors (Lipinski definition) is 1. The molecule has 17 heavy (non-hydrogen) atoms. The first kappa shape index (κ1) is 12.2. The van der Waals surface area contributed by atoms with E-state index < -0.39 is 5.97 Å². The molecule has 1 aliphatic rings. The fourth-order valence-corrected chi connectivity index (χ4v) is 2.92. The molecular weight excluding hydrogens is 212 g/mol. The quantitative estimate of drug-likeness (QED) is 0.860. The molecule has 0 atom stereocenters. The third-order valence-corrected chi connectivity index (χ3v) is 4.04. The minimum Gasteiger partial charge on any atom is -0.481 e. The number of carbonyl (C=O) groups is 1. The van der Waals surface area contributed by atoms with Gasteiger partial charge in [-0.3, -0.25) is 4.79 Å². The normalized spacial score (nSPS) is 28.9. The standard InChI is InChI=1S/C15H20O2/c1-15(11-14(16)17)9-7-13(8-10-15)12-5-3-2-4-6-12/h2-6,13H,7-11H2,1H3,(H,16,17). The van der Waals surface area contributed by atoms with Crippen molar-refractivity contribution in [1.29, 1.82) is 0 Å². The lowest BCUT2D eigenvalue weighted by Gasteiger charge is -2.36. The lowest BCUT2D eigenvalue weighted by atomic mass is 9.68. The van der Waals surface area contributed by atoms with Crippen molar-refractivity contribution in [2.45, 2.75) is 44.9 Å². The van der Waals surface area contributed by atoms with E-state index in [9.17, 15) is 4.79 Å². The molecule has 1 aromatic carbocycles. The van der Waals surface area contributed by atoms with E-state index in [1.165, 1.54) is 5.56 Å². The summed E-state index contributed by atoms with van der Waals surface area (Å²) in [6.07, 6.45) is 4.60. The summed E-state index contributed by atoms with van der Waals surface area (Å²) in [5.74, 6) is -0.0382. The predicted molar refractivity (Wildman–Crippen MR) is 68.0 cm³/mol. The van der Waals surface area contributed by atoms with Crippen LogP contribution in [-0.2, 0) is 4.79 Å². The molecule has 2 heteroatoms. The number of rotatable bonds is 3. The molecule has 0 radical (unpaired) electrons. The van der Waals surface area contributed by atoms with E-state index in [1.54, 1.807) is 0 Å². The van der Waals surface area contributed by atoms with Crippen LogP contribution in [0, 0.1) is 5.41 Å². The van der Waals surface area contributed by atoms with Gasteiger partial charge in [0.05, 0.1) is 6.42 Å². The van der Waals surface area contributed by atoms with Crippen LogP contribution in [0.4, 0.5) is 0 Å². The van der Waals surface area contributed by atoms with Crippen molar-refractivity contribution in [2.75, 3.05) is 0 Å². The zero-order chi connectivity index (χ0) is 12.3. The smallest absolute Gasteiger partial charge is 0.303 e. The van der Waals surface area contributed by atoms with Crippen molar-refractivity contribution in [3.05, 3.63) is 35.9 Å². The predicted octanol–water partition coefficient (Wildman–Crippen LogP) is 3.83. The second-order valence-electron chi connectivity index (χ2n) is 5.57. The summed E-state index contributed by atoms with van der Waals surface area (Å²) < 4.78 is 0. The second-order valence-corrected chi connectivity index (χ2v) is 5.57. The van der Waals surface area contributed by atoms with Crippen molar-refractivity contribution in [3.63, 3.8) is 0 Å². The Balaban J connectivity index is 1.96. The highest BCUT2D eigenvalue weighted by Gasteiger charge is 2.33. The molecule has 0 heterocycles. The van der Waals surface area contributed by atoms with Crippen molar-refractivity contribution in [3.8, 4) is 0 Å². The lowest BCUT2D eigenvalue weighted by Crippen LogP contribution is -2.26. The summed E-state index contributed by atoms with van der Waals surface area (Å²) in [4.78, 5) is 10.8. The Morgan fingerprint density at radius 2 is 1.88 bits per heavy atom. The Morgan fingerprint density at radius 1 is 1.29 bits per heavy atom. The molecule has 2 nitrogen and oxygen atoms in total. The molecule has 2 rings (SSSR count). The van der Waals surface area contributed by atoms with Crippen LogP contribution >= 0.6 is 0 Å². The monoisotopic (exact) mass is 232 g/mol. The summed E-state index contributed by atoms with van der Waals surface area (Å²) in [7, 11) is 0. The molecule has 1 aliphatic carbocycles. The SMILES string of the molecule is CC1(CC(=O)O)CCC(c2ccccc2)CC1. The van der Waals surface area contributed by atoms with Gasteiger partial charge < -0.3 is 5.11 Å². The Labute approximate surface area is 103 Å². The number of carboxylic acids is 1. The Kier molecular flexibility index (Phi) is 3.51. The van der Waals surface area contributed by atoms with Gasteiger partial charge in [-0.1, -0.05) is 37.3 Å². The number of benzene rings is 1. The van der Waals surface area contributed by atoms with E-state index in [0.717, 1.165) is 25.7 Å². The highest BCUT2D eigenvalue weighted by atomic mass is 16.4. The first-order valence-corrected chi connectivity index (χ1v) is 6.36. The third kappa shape index (κ3) is 3.09. The van der Waals surface area contributed by atoms with Gasteiger partial charge in [-0.25, -0.2) is 0 Å². The van der Waals surface area contributed by atoms with Crippen LogP contribution in [0.1, 0.15) is 50.5 Å². The topological polar surface area (TPSA) is 37.3 Å². The van der Waals surface area contributed by atoms with Crippen molar-refractivity contribution in [2.24, 2.45) is 5.41 Å². The van der Waals surface area contributed by atoms with E-state index in [0.29, 0.717) is 12.3 Å². The molecule has 1 aromatic rings. The van der Waals surface area contributed by atoms with Crippen LogP contribution < -0.4 is 0 Å². The van der Waals surface area contributed by atoms with Gasteiger partial charge in [-0.05, 0) is 42.6 Å². The number of aliphatic carboxylic acids is 1. The Hall–Kier alpha value is -1.31. The lowest BCUT2D eigenvalue weighted by molar-refractivity contribution is -0.140. The van der Waals surface area contributed by atoms with Crippen molar-refractivity contribution >= 4 is 5.97 Å². The van der Waals surface area contributed by atoms with Gasteiger partial charge in [0.25, 0.3) is 0 Å². The van der Waals surface area contributed by atoms with Crippen molar-refractivity contribution in [1.82, 2.24) is 0 Å². The van der Waals surface area contributed by atoms with E-state index in [2.05, 4.69) is 31.2 Å². The second kappa shape index (κ2) is 4.91. The molecule has 1 saturated carbocycles. The molecule has 92 valence electrons. The van der Waals surface area contributed by atoms with E-state index in [-0.39, 0.29) is 5.41 Å². The Bertz CT molecular complexity index is 375. The molecule has 0 amide bonds. The van der Waals surface area contributed by atoms with Crippen molar-refractivity contribution < 1.29 is 9.90 Å². The molecule has 0 aromatic heterocycles. The summed E-state index contributed by atoms with van der Waals surface area (Å²) in [6, 6.07) is 10.6. The Morgan fingerprint density at radius 3 is 2.41 bits per heavy atom. The average Bonchev–Trinajstić information content (AvgIpc) is 2.29. The fraction of sp³-hybridized carbons (Fsp3) is 0.533. The molecular formula is C15H20O2. The molecule has 1 fully saturated rings. The summed E-state index contributed by atoms with van der Waals surface area (Å²) in [5.41, 5.74) is 1.42. The van der Waals surface area contributed by atoms with Crippen LogP contribution in [0.5, 0.6) is 0 Å². The molecule has 0 spiro atoms. The summed E-state index contributed by atoms with van der Waals surface area (Å²) in [6.45, 7) is 2.11. The van der Waals surface area contributed by atoms with Gasteiger partial charge in [0.15, 0.2) is 0 Å².